The summed E-state index contributed by atoms with van der Waals surface area (Å²) >= 11 is 0. The van der Waals surface area contributed by atoms with Crippen molar-refractivity contribution in [2.75, 3.05) is 53.6 Å². The molecule has 2 rings (SSSR count). The van der Waals surface area contributed by atoms with Gasteiger partial charge in [0.25, 0.3) is 0 Å². The van der Waals surface area contributed by atoms with Gasteiger partial charge >= 0.3 is 0 Å². The summed E-state index contributed by atoms with van der Waals surface area (Å²) in [5, 5.41) is 3.55. The molecule has 5 heteroatoms. The van der Waals surface area contributed by atoms with Crippen LogP contribution < -0.4 is 5.32 Å². The normalized spacial score (nSPS) is 22.5. The van der Waals surface area contributed by atoms with E-state index in [1.54, 1.807) is 7.11 Å². The second kappa shape index (κ2) is 11.7. The van der Waals surface area contributed by atoms with E-state index in [1.165, 1.54) is 51.4 Å². The monoisotopic (exact) mass is 339 g/mol. The Balaban J connectivity index is 1.54. The lowest BCUT2D eigenvalue weighted by atomic mass is 10.0. The zero-order valence-corrected chi connectivity index (χ0v) is 15.8. The van der Waals surface area contributed by atoms with Crippen molar-refractivity contribution in [1.82, 2.24) is 10.2 Å². The van der Waals surface area contributed by atoms with E-state index in [1.807, 2.05) is 7.05 Å². The maximum absolute atomic E-state index is 5.67. The lowest BCUT2D eigenvalue weighted by Crippen LogP contribution is -2.40. The van der Waals surface area contributed by atoms with Gasteiger partial charge in [-0.25, -0.2) is 0 Å². The maximum atomic E-state index is 5.67. The molecule has 1 aliphatic carbocycles. The molecule has 1 aliphatic heterocycles. The number of hydrogen-bond donors (Lipinski definition) is 1. The Morgan fingerprint density at radius 1 is 1.12 bits per heavy atom. The van der Waals surface area contributed by atoms with Crippen LogP contribution in [-0.2, 0) is 9.47 Å². The van der Waals surface area contributed by atoms with Gasteiger partial charge in [-0.3, -0.25) is 4.99 Å². The summed E-state index contributed by atoms with van der Waals surface area (Å²) in [6.07, 6.45) is 11.1. The van der Waals surface area contributed by atoms with E-state index < -0.39 is 0 Å². The van der Waals surface area contributed by atoms with Crippen molar-refractivity contribution in [3.8, 4) is 0 Å². The molecule has 5 nitrogen and oxygen atoms in total. The molecule has 0 aromatic rings. The van der Waals surface area contributed by atoms with Gasteiger partial charge in [0.2, 0.25) is 0 Å². The predicted molar refractivity (Wildman–Crippen MR) is 99.5 cm³/mol. The highest BCUT2D eigenvalue weighted by Crippen LogP contribution is 2.28. The van der Waals surface area contributed by atoms with E-state index in [0.717, 1.165) is 38.1 Å². The summed E-state index contributed by atoms with van der Waals surface area (Å²) in [6, 6.07) is 0. The molecule has 0 spiro atoms. The average Bonchev–Trinajstić information content (AvgIpc) is 3.27. The second-order valence-electron chi connectivity index (χ2n) is 7.29. The first-order valence-corrected chi connectivity index (χ1v) is 9.85. The number of nitrogens with zero attached hydrogens (tertiary/aromatic N) is 2. The van der Waals surface area contributed by atoms with Crippen LogP contribution in [0.3, 0.4) is 0 Å². The van der Waals surface area contributed by atoms with Gasteiger partial charge in [0, 0.05) is 39.7 Å². The smallest absolute Gasteiger partial charge is 0.193 e. The molecule has 1 saturated carbocycles. The van der Waals surface area contributed by atoms with Crippen molar-refractivity contribution < 1.29 is 9.47 Å². The van der Waals surface area contributed by atoms with Crippen LogP contribution in [-0.4, -0.2) is 64.5 Å². The van der Waals surface area contributed by atoms with Gasteiger partial charge in [-0.1, -0.05) is 38.5 Å². The Morgan fingerprint density at radius 2 is 1.96 bits per heavy atom. The molecular weight excluding hydrogens is 302 g/mol. The van der Waals surface area contributed by atoms with E-state index >= 15 is 0 Å². The Bertz CT molecular complexity index is 357. The highest BCUT2D eigenvalue weighted by atomic mass is 16.5. The van der Waals surface area contributed by atoms with Gasteiger partial charge < -0.3 is 19.7 Å². The summed E-state index contributed by atoms with van der Waals surface area (Å²) in [4.78, 5) is 6.84. The minimum atomic E-state index is 0.614. The highest BCUT2D eigenvalue weighted by molar-refractivity contribution is 5.80. The largest absolute Gasteiger partial charge is 0.382 e. The van der Waals surface area contributed by atoms with E-state index in [4.69, 9.17) is 9.47 Å². The minimum absolute atomic E-state index is 0.614. The molecule has 1 saturated heterocycles. The summed E-state index contributed by atoms with van der Waals surface area (Å²) in [5.74, 6) is 2.69. The average molecular weight is 340 g/mol. The van der Waals surface area contributed by atoms with Crippen molar-refractivity contribution in [1.29, 1.82) is 0 Å². The number of rotatable bonds is 10. The molecule has 0 aromatic carbocycles. The van der Waals surface area contributed by atoms with E-state index in [0.29, 0.717) is 19.1 Å². The van der Waals surface area contributed by atoms with Crippen molar-refractivity contribution in [3.05, 3.63) is 0 Å². The molecule has 140 valence electrons. The standard InChI is InChI=1S/C19H37N3O2/c1-20-19(21-11-6-5-9-17-7-3-4-8-17)22-12-10-18(15-22)16-24-14-13-23-2/h17-18H,3-16H2,1-2H3,(H,20,21). The lowest BCUT2D eigenvalue weighted by molar-refractivity contribution is 0.0536. The number of guanidine groups is 1. The SMILES string of the molecule is CN=C(NCCCCC1CCCC1)N1CCC(COCCOC)C1. The van der Waals surface area contributed by atoms with Gasteiger partial charge in [-0.05, 0) is 18.8 Å². The number of nitrogens with one attached hydrogen (secondary N) is 1. The Hall–Kier alpha value is -0.810. The van der Waals surface area contributed by atoms with Crippen molar-refractivity contribution >= 4 is 5.96 Å². The predicted octanol–water partition coefficient (Wildman–Crippen LogP) is 2.91. The fourth-order valence-corrected chi connectivity index (χ4v) is 3.94. The third kappa shape index (κ3) is 6.98. The Labute approximate surface area is 148 Å². The number of unbranched alkanes of at least 4 members (excludes halogenated alkanes) is 1. The molecule has 1 atom stereocenters. The number of likely N-dealkylation sites (tertiary alicyclic amines) is 1. The van der Waals surface area contributed by atoms with E-state index in [2.05, 4.69) is 15.2 Å². The molecule has 1 N–H and O–H groups in total. The fourth-order valence-electron chi connectivity index (χ4n) is 3.94. The molecule has 0 radical (unpaired) electrons. The van der Waals surface area contributed by atoms with Gasteiger partial charge in [0.1, 0.15) is 0 Å². The van der Waals surface area contributed by atoms with Gasteiger partial charge in [-0.2, -0.15) is 0 Å². The third-order valence-electron chi connectivity index (χ3n) is 5.38. The Kier molecular flexibility index (Phi) is 9.51. The highest BCUT2D eigenvalue weighted by Gasteiger charge is 2.24. The van der Waals surface area contributed by atoms with Crippen LogP contribution in [0.4, 0.5) is 0 Å². The lowest BCUT2D eigenvalue weighted by Gasteiger charge is -2.22. The second-order valence-corrected chi connectivity index (χ2v) is 7.29. The van der Waals surface area contributed by atoms with Gasteiger partial charge in [-0.15, -0.1) is 0 Å². The molecule has 1 heterocycles. The first-order chi connectivity index (χ1) is 11.8. The van der Waals surface area contributed by atoms with Crippen molar-refractivity contribution in [3.63, 3.8) is 0 Å². The van der Waals surface area contributed by atoms with Crippen LogP contribution in [0.2, 0.25) is 0 Å². The summed E-state index contributed by atoms with van der Waals surface area (Å²) < 4.78 is 10.7. The Morgan fingerprint density at radius 3 is 2.71 bits per heavy atom. The molecule has 0 amide bonds. The molecule has 2 fully saturated rings. The summed E-state index contributed by atoms with van der Waals surface area (Å²) in [7, 11) is 3.60. The van der Waals surface area contributed by atoms with Gasteiger partial charge in [0.05, 0.1) is 19.8 Å². The maximum Gasteiger partial charge on any atom is 0.193 e. The molecule has 1 unspecified atom stereocenters. The zero-order valence-electron chi connectivity index (χ0n) is 15.8. The summed E-state index contributed by atoms with van der Waals surface area (Å²) in [5.41, 5.74) is 0. The first kappa shape index (κ1) is 19.5. The quantitative estimate of drug-likeness (QED) is 0.378. The van der Waals surface area contributed by atoms with E-state index in [9.17, 15) is 0 Å². The molecule has 0 bridgehead atoms. The van der Waals surface area contributed by atoms with Gasteiger partial charge in [0.15, 0.2) is 5.96 Å². The van der Waals surface area contributed by atoms with Crippen LogP contribution in [0.15, 0.2) is 4.99 Å². The van der Waals surface area contributed by atoms with Crippen molar-refractivity contribution in [2.24, 2.45) is 16.8 Å². The first-order valence-electron chi connectivity index (χ1n) is 9.85. The topological polar surface area (TPSA) is 46.1 Å². The summed E-state index contributed by atoms with van der Waals surface area (Å²) in [6.45, 7) is 5.39. The van der Waals surface area contributed by atoms with Crippen LogP contribution in [0.5, 0.6) is 0 Å². The van der Waals surface area contributed by atoms with Crippen LogP contribution in [0.25, 0.3) is 0 Å². The fraction of sp³-hybridized carbons (Fsp3) is 0.947. The number of aliphatic imine (C=N–C) groups is 1. The molecule has 2 aliphatic rings. The zero-order chi connectivity index (χ0) is 17.0. The number of ether oxygens (including phenoxy) is 2. The molecule has 24 heavy (non-hydrogen) atoms. The third-order valence-corrected chi connectivity index (χ3v) is 5.38. The van der Waals surface area contributed by atoms with Crippen molar-refractivity contribution in [2.45, 2.75) is 51.4 Å². The minimum Gasteiger partial charge on any atom is -0.382 e. The number of methoxy groups -OCH3 is 1. The molecule has 0 aromatic heterocycles. The molecular formula is C19H37N3O2. The van der Waals surface area contributed by atoms with E-state index in [-0.39, 0.29) is 0 Å². The van der Waals surface area contributed by atoms with Crippen LogP contribution in [0.1, 0.15) is 51.4 Å². The van der Waals surface area contributed by atoms with Crippen LogP contribution >= 0.6 is 0 Å². The van der Waals surface area contributed by atoms with Crippen LogP contribution in [0, 0.1) is 11.8 Å². The number of hydrogen-bond acceptors (Lipinski definition) is 3.